The number of rotatable bonds is 6. The first-order valence-electron chi connectivity index (χ1n) is 5.95. The largest absolute Gasteiger partial charge is 0.492 e. The van der Waals surface area contributed by atoms with E-state index >= 15 is 0 Å². The molecular weight excluding hydrogens is 266 g/mol. The molecule has 1 aromatic carbocycles. The van der Waals surface area contributed by atoms with Crippen molar-refractivity contribution in [2.75, 3.05) is 18.9 Å². The van der Waals surface area contributed by atoms with E-state index < -0.39 is 15.7 Å². The molecule has 0 atom stereocenters. The van der Waals surface area contributed by atoms with Crippen LogP contribution in [0.15, 0.2) is 24.3 Å². The van der Waals surface area contributed by atoms with Crippen molar-refractivity contribution in [1.82, 2.24) is 9.44 Å². The monoisotopic (exact) mass is 287 g/mol. The van der Waals surface area contributed by atoms with Gasteiger partial charge in [0, 0.05) is 17.8 Å². The van der Waals surface area contributed by atoms with Crippen LogP contribution in [-0.2, 0) is 10.2 Å². The van der Waals surface area contributed by atoms with Crippen molar-refractivity contribution in [3.63, 3.8) is 0 Å². The van der Waals surface area contributed by atoms with E-state index in [1.165, 1.54) is 0 Å². The van der Waals surface area contributed by atoms with Crippen molar-refractivity contribution in [3.05, 3.63) is 24.3 Å². The molecule has 4 N–H and O–H groups in total. The van der Waals surface area contributed by atoms with E-state index in [4.69, 9.17) is 10.5 Å². The maximum atomic E-state index is 11.6. The minimum Gasteiger partial charge on any atom is -0.492 e. The maximum absolute atomic E-state index is 11.6. The summed E-state index contributed by atoms with van der Waals surface area (Å²) >= 11 is 0. The fourth-order valence-corrected chi connectivity index (χ4v) is 2.58. The Hall–Kier alpha value is -1.31. The van der Waals surface area contributed by atoms with Crippen LogP contribution in [0.3, 0.4) is 0 Å². The zero-order valence-electron chi connectivity index (χ0n) is 11.4. The molecule has 0 radical (unpaired) electrons. The molecule has 0 fully saturated rings. The smallest absolute Gasteiger partial charge is 0.277 e. The topological polar surface area (TPSA) is 93.5 Å². The summed E-state index contributed by atoms with van der Waals surface area (Å²) in [6.07, 6.45) is 0. The minimum absolute atomic E-state index is 0.190. The van der Waals surface area contributed by atoms with Crippen molar-refractivity contribution in [2.24, 2.45) is 0 Å². The van der Waals surface area contributed by atoms with Crippen LogP contribution in [-0.4, -0.2) is 27.1 Å². The second-order valence-electron chi connectivity index (χ2n) is 5.17. The zero-order valence-corrected chi connectivity index (χ0v) is 12.3. The highest BCUT2D eigenvalue weighted by molar-refractivity contribution is 7.87. The third-order valence-electron chi connectivity index (χ3n) is 1.98. The van der Waals surface area contributed by atoms with Gasteiger partial charge in [-0.3, -0.25) is 0 Å². The van der Waals surface area contributed by atoms with Gasteiger partial charge in [-0.05, 0) is 45.0 Å². The van der Waals surface area contributed by atoms with E-state index in [0.717, 1.165) is 0 Å². The maximum Gasteiger partial charge on any atom is 0.277 e. The number of nitrogens with two attached hydrogens (primary N) is 1. The number of hydrogen-bond acceptors (Lipinski definition) is 4. The van der Waals surface area contributed by atoms with Crippen LogP contribution in [0.4, 0.5) is 5.69 Å². The first-order valence-corrected chi connectivity index (χ1v) is 7.43. The molecule has 0 aliphatic heterocycles. The lowest BCUT2D eigenvalue weighted by Crippen LogP contribution is -2.47. The van der Waals surface area contributed by atoms with Gasteiger partial charge in [-0.2, -0.15) is 17.9 Å². The predicted octanol–water partition coefficient (Wildman–Crippen LogP) is 0.870. The molecule has 0 heterocycles. The Labute approximate surface area is 114 Å². The molecular formula is C12H21N3O3S. The van der Waals surface area contributed by atoms with E-state index in [1.807, 2.05) is 0 Å². The molecule has 0 saturated carbocycles. The molecule has 0 aliphatic carbocycles. The molecule has 0 amide bonds. The Morgan fingerprint density at radius 1 is 1.21 bits per heavy atom. The Morgan fingerprint density at radius 3 is 2.32 bits per heavy atom. The third-order valence-corrected chi connectivity index (χ3v) is 3.45. The summed E-state index contributed by atoms with van der Waals surface area (Å²) in [6.45, 7) is 5.76. The first kappa shape index (κ1) is 15.7. The summed E-state index contributed by atoms with van der Waals surface area (Å²) in [7, 11) is -3.50. The highest BCUT2D eigenvalue weighted by Crippen LogP contribution is 2.12. The quantitative estimate of drug-likeness (QED) is 0.534. The Balaban J connectivity index is 2.33. The average molecular weight is 287 g/mol. The summed E-state index contributed by atoms with van der Waals surface area (Å²) in [4.78, 5) is 0. The van der Waals surface area contributed by atoms with Crippen molar-refractivity contribution < 1.29 is 13.2 Å². The normalized spacial score (nSPS) is 12.4. The summed E-state index contributed by atoms with van der Waals surface area (Å²) in [5.41, 5.74) is 5.69. The van der Waals surface area contributed by atoms with Crippen LogP contribution in [0.5, 0.6) is 5.75 Å². The summed E-state index contributed by atoms with van der Waals surface area (Å²) in [5.74, 6) is 0.650. The van der Waals surface area contributed by atoms with Crippen LogP contribution in [0.2, 0.25) is 0 Å². The minimum atomic E-state index is -3.50. The van der Waals surface area contributed by atoms with E-state index in [-0.39, 0.29) is 13.2 Å². The van der Waals surface area contributed by atoms with Crippen molar-refractivity contribution in [2.45, 2.75) is 26.3 Å². The second-order valence-corrected chi connectivity index (χ2v) is 6.67. The third kappa shape index (κ3) is 7.00. The molecule has 0 unspecified atom stereocenters. The van der Waals surface area contributed by atoms with Gasteiger partial charge in [-0.1, -0.05) is 0 Å². The molecule has 19 heavy (non-hydrogen) atoms. The molecule has 1 aromatic rings. The summed E-state index contributed by atoms with van der Waals surface area (Å²) < 4.78 is 33.5. The van der Waals surface area contributed by atoms with E-state index in [9.17, 15) is 8.42 Å². The fraction of sp³-hybridized carbons (Fsp3) is 0.500. The van der Waals surface area contributed by atoms with Gasteiger partial charge in [0.2, 0.25) is 0 Å². The summed E-state index contributed by atoms with van der Waals surface area (Å²) in [6, 6.07) is 6.91. The van der Waals surface area contributed by atoms with Crippen LogP contribution in [0.25, 0.3) is 0 Å². The zero-order chi connectivity index (χ0) is 14.5. The van der Waals surface area contributed by atoms with Gasteiger partial charge < -0.3 is 10.5 Å². The van der Waals surface area contributed by atoms with Gasteiger partial charge in [0.05, 0.1) is 0 Å². The number of nitrogen functional groups attached to an aromatic ring is 1. The van der Waals surface area contributed by atoms with Gasteiger partial charge in [0.25, 0.3) is 10.2 Å². The van der Waals surface area contributed by atoms with Gasteiger partial charge in [0.1, 0.15) is 12.4 Å². The lowest BCUT2D eigenvalue weighted by Gasteiger charge is -2.20. The number of nitrogens with one attached hydrogen (secondary N) is 2. The Morgan fingerprint density at radius 2 is 1.79 bits per heavy atom. The van der Waals surface area contributed by atoms with E-state index in [1.54, 1.807) is 45.0 Å². The number of ether oxygens (including phenoxy) is 1. The van der Waals surface area contributed by atoms with Gasteiger partial charge in [-0.15, -0.1) is 0 Å². The van der Waals surface area contributed by atoms with Gasteiger partial charge in [-0.25, -0.2) is 0 Å². The van der Waals surface area contributed by atoms with Crippen LogP contribution in [0.1, 0.15) is 20.8 Å². The van der Waals surface area contributed by atoms with E-state index in [0.29, 0.717) is 11.4 Å². The number of hydrogen-bond donors (Lipinski definition) is 3. The standard InChI is InChI=1S/C12H21N3O3S/c1-12(2,3)15-19(16,17)14-8-9-18-11-6-4-10(13)5-7-11/h4-7,14-15H,8-9,13H2,1-3H3. The molecule has 0 aromatic heterocycles. The van der Waals surface area contributed by atoms with E-state index in [2.05, 4.69) is 9.44 Å². The molecule has 0 spiro atoms. The second kappa shape index (κ2) is 6.23. The molecule has 1 rings (SSSR count). The average Bonchev–Trinajstić information content (AvgIpc) is 2.23. The van der Waals surface area contributed by atoms with Crippen molar-refractivity contribution in [1.29, 1.82) is 0 Å². The summed E-state index contributed by atoms with van der Waals surface area (Å²) in [5, 5.41) is 0. The number of anilines is 1. The molecule has 108 valence electrons. The van der Waals surface area contributed by atoms with Crippen molar-refractivity contribution >= 4 is 15.9 Å². The molecule has 0 saturated heterocycles. The first-order chi connectivity index (χ1) is 8.68. The Kier molecular flexibility index (Phi) is 5.16. The molecule has 0 aliphatic rings. The highest BCUT2D eigenvalue weighted by atomic mass is 32.2. The van der Waals surface area contributed by atoms with Crippen LogP contribution in [0, 0.1) is 0 Å². The SMILES string of the molecule is CC(C)(C)NS(=O)(=O)NCCOc1ccc(N)cc1. The fourth-order valence-electron chi connectivity index (χ4n) is 1.35. The lowest BCUT2D eigenvalue weighted by molar-refractivity contribution is 0.322. The van der Waals surface area contributed by atoms with Crippen molar-refractivity contribution in [3.8, 4) is 5.75 Å². The molecule has 7 heteroatoms. The highest BCUT2D eigenvalue weighted by Gasteiger charge is 2.18. The number of benzene rings is 1. The Bertz CT molecular complexity index is 492. The molecule has 6 nitrogen and oxygen atoms in total. The van der Waals surface area contributed by atoms with Crippen LogP contribution < -0.4 is 19.9 Å². The predicted molar refractivity (Wildman–Crippen MR) is 76.2 cm³/mol. The van der Waals surface area contributed by atoms with Gasteiger partial charge >= 0.3 is 0 Å². The van der Waals surface area contributed by atoms with Crippen LogP contribution >= 0.6 is 0 Å². The molecule has 0 bridgehead atoms. The van der Waals surface area contributed by atoms with Gasteiger partial charge in [0.15, 0.2) is 0 Å². The lowest BCUT2D eigenvalue weighted by atomic mass is 10.1.